The van der Waals surface area contributed by atoms with Gasteiger partial charge >= 0.3 is 0 Å². The number of carbonyl (C=O) groups is 1. The van der Waals surface area contributed by atoms with E-state index in [0.29, 0.717) is 18.3 Å². The Morgan fingerprint density at radius 3 is 2.33 bits per heavy atom. The van der Waals surface area contributed by atoms with Gasteiger partial charge in [-0.1, -0.05) is 26.2 Å². The van der Waals surface area contributed by atoms with Crippen LogP contribution >= 0.6 is 0 Å². The summed E-state index contributed by atoms with van der Waals surface area (Å²) in [6, 6.07) is 0.0980. The fourth-order valence-corrected chi connectivity index (χ4v) is 3.08. The molecule has 0 aliphatic heterocycles. The summed E-state index contributed by atoms with van der Waals surface area (Å²) >= 11 is 0. The second kappa shape index (κ2) is 6.55. The van der Waals surface area contributed by atoms with E-state index >= 15 is 0 Å². The molecule has 1 atom stereocenters. The van der Waals surface area contributed by atoms with Crippen molar-refractivity contribution in [3.8, 4) is 0 Å². The summed E-state index contributed by atoms with van der Waals surface area (Å²) in [4.78, 5) is 11.8. The smallest absolute Gasteiger partial charge is 0.221 e. The van der Waals surface area contributed by atoms with Gasteiger partial charge in [0.1, 0.15) is 0 Å². The number of rotatable bonds is 6. The summed E-state index contributed by atoms with van der Waals surface area (Å²) in [5.74, 6) is 2.41. The van der Waals surface area contributed by atoms with Crippen molar-refractivity contribution in [1.29, 1.82) is 0 Å². The van der Waals surface area contributed by atoms with E-state index in [1.807, 2.05) is 0 Å². The van der Waals surface area contributed by atoms with Gasteiger partial charge in [-0.05, 0) is 43.4 Å². The van der Waals surface area contributed by atoms with Crippen LogP contribution in [-0.2, 0) is 4.79 Å². The average molecular weight is 252 g/mol. The summed E-state index contributed by atoms with van der Waals surface area (Å²) in [5, 5.41) is 3.08. The molecule has 0 aromatic rings. The van der Waals surface area contributed by atoms with E-state index in [2.05, 4.69) is 12.2 Å². The van der Waals surface area contributed by atoms with Gasteiger partial charge in [-0.25, -0.2) is 0 Å². The highest BCUT2D eigenvalue weighted by molar-refractivity contribution is 5.76. The Morgan fingerprint density at radius 2 is 1.78 bits per heavy atom. The third kappa shape index (κ3) is 4.27. The molecule has 18 heavy (non-hydrogen) atoms. The molecule has 0 saturated heterocycles. The van der Waals surface area contributed by atoms with Crippen molar-refractivity contribution >= 4 is 5.91 Å². The molecule has 0 bridgehead atoms. The fourth-order valence-electron chi connectivity index (χ4n) is 3.08. The summed E-state index contributed by atoms with van der Waals surface area (Å²) in [7, 11) is 0. The first-order valence-electron chi connectivity index (χ1n) is 7.71. The number of nitrogens with one attached hydrogen (secondary N) is 1. The van der Waals surface area contributed by atoms with Gasteiger partial charge in [0.2, 0.25) is 5.91 Å². The van der Waals surface area contributed by atoms with Gasteiger partial charge in [-0.2, -0.15) is 0 Å². The Balaban J connectivity index is 1.58. The summed E-state index contributed by atoms with van der Waals surface area (Å²) < 4.78 is 0. The van der Waals surface area contributed by atoms with Crippen molar-refractivity contribution in [3.63, 3.8) is 0 Å². The molecule has 0 aromatic carbocycles. The number of amides is 1. The summed E-state index contributed by atoms with van der Waals surface area (Å²) in [6.07, 6.45) is 9.54. The van der Waals surface area contributed by atoms with E-state index in [1.54, 1.807) is 0 Å². The number of nitrogens with two attached hydrogens (primary N) is 1. The first-order valence-corrected chi connectivity index (χ1v) is 7.71. The highest BCUT2D eigenvalue weighted by Crippen LogP contribution is 2.33. The van der Waals surface area contributed by atoms with Crippen LogP contribution in [-0.4, -0.2) is 18.5 Å². The van der Waals surface area contributed by atoms with Crippen molar-refractivity contribution in [3.05, 3.63) is 0 Å². The van der Waals surface area contributed by atoms with Crippen LogP contribution in [0.4, 0.5) is 0 Å². The lowest BCUT2D eigenvalue weighted by molar-refractivity contribution is -0.121. The quantitative estimate of drug-likeness (QED) is 0.763. The molecule has 3 nitrogen and oxygen atoms in total. The topological polar surface area (TPSA) is 55.1 Å². The monoisotopic (exact) mass is 252 g/mol. The summed E-state index contributed by atoms with van der Waals surface area (Å²) in [5.41, 5.74) is 5.96. The lowest BCUT2D eigenvalue weighted by Gasteiger charge is -2.28. The predicted molar refractivity (Wildman–Crippen MR) is 74.1 cm³/mol. The van der Waals surface area contributed by atoms with Gasteiger partial charge in [0.25, 0.3) is 0 Å². The third-order valence-corrected chi connectivity index (χ3v) is 4.78. The van der Waals surface area contributed by atoms with E-state index in [1.165, 1.54) is 44.9 Å². The highest BCUT2D eigenvalue weighted by Gasteiger charge is 2.30. The fraction of sp³-hybridized carbons (Fsp3) is 0.933. The molecule has 2 aliphatic rings. The molecule has 2 rings (SSSR count). The van der Waals surface area contributed by atoms with Crippen LogP contribution in [0.3, 0.4) is 0 Å². The molecule has 3 N–H and O–H groups in total. The van der Waals surface area contributed by atoms with Crippen LogP contribution in [0.25, 0.3) is 0 Å². The van der Waals surface area contributed by atoms with Crippen molar-refractivity contribution in [2.45, 2.75) is 64.3 Å². The molecule has 2 saturated carbocycles. The van der Waals surface area contributed by atoms with Gasteiger partial charge in [-0.15, -0.1) is 0 Å². The van der Waals surface area contributed by atoms with Crippen molar-refractivity contribution in [2.75, 3.05) is 6.54 Å². The molecule has 0 aromatic heterocycles. The maximum absolute atomic E-state index is 11.8. The first-order chi connectivity index (χ1) is 8.69. The van der Waals surface area contributed by atoms with Crippen LogP contribution < -0.4 is 11.1 Å². The van der Waals surface area contributed by atoms with Crippen LogP contribution in [0.2, 0.25) is 0 Å². The zero-order chi connectivity index (χ0) is 13.0. The average Bonchev–Trinajstić information content (AvgIpc) is 3.21. The zero-order valence-corrected chi connectivity index (χ0v) is 11.7. The largest absolute Gasteiger partial charge is 0.356 e. The first kappa shape index (κ1) is 13.9. The van der Waals surface area contributed by atoms with E-state index in [4.69, 9.17) is 5.73 Å². The second-order valence-electron chi connectivity index (χ2n) is 6.30. The molecule has 1 unspecified atom stereocenters. The van der Waals surface area contributed by atoms with Crippen LogP contribution in [0.1, 0.15) is 58.3 Å². The van der Waals surface area contributed by atoms with Crippen LogP contribution in [0, 0.1) is 17.8 Å². The standard InChI is InChI=1S/C15H28N2O/c1-2-11-3-5-12(6-4-11)10-17-15(18)9-14(16)13-7-8-13/h11-14H,2-10,16H2,1H3,(H,17,18). The Labute approximate surface area is 111 Å². The highest BCUT2D eigenvalue weighted by atomic mass is 16.1. The second-order valence-corrected chi connectivity index (χ2v) is 6.30. The molecule has 0 heterocycles. The molecule has 0 spiro atoms. The van der Waals surface area contributed by atoms with E-state index < -0.39 is 0 Å². The molecular weight excluding hydrogens is 224 g/mol. The summed E-state index contributed by atoms with van der Waals surface area (Å²) in [6.45, 7) is 3.15. The van der Waals surface area contributed by atoms with Crippen molar-refractivity contribution < 1.29 is 4.79 Å². The number of carbonyl (C=O) groups excluding carboxylic acids is 1. The zero-order valence-electron chi connectivity index (χ0n) is 11.7. The molecule has 1 amide bonds. The Bertz CT molecular complexity index is 268. The minimum Gasteiger partial charge on any atom is -0.356 e. The van der Waals surface area contributed by atoms with Gasteiger partial charge in [0.15, 0.2) is 0 Å². The molecule has 2 aliphatic carbocycles. The van der Waals surface area contributed by atoms with E-state index in [0.717, 1.165) is 12.5 Å². The Hall–Kier alpha value is -0.570. The lowest BCUT2D eigenvalue weighted by atomic mass is 9.81. The maximum atomic E-state index is 11.8. The van der Waals surface area contributed by atoms with E-state index in [-0.39, 0.29) is 11.9 Å². The van der Waals surface area contributed by atoms with Gasteiger partial charge in [-0.3, -0.25) is 4.79 Å². The number of hydrogen-bond acceptors (Lipinski definition) is 2. The minimum atomic E-state index is 0.0980. The van der Waals surface area contributed by atoms with Crippen molar-refractivity contribution in [2.24, 2.45) is 23.5 Å². The Kier molecular flexibility index (Phi) is 5.04. The van der Waals surface area contributed by atoms with Gasteiger partial charge in [0.05, 0.1) is 0 Å². The predicted octanol–water partition coefficient (Wildman–Crippen LogP) is 2.45. The normalized spacial score (nSPS) is 29.9. The van der Waals surface area contributed by atoms with Gasteiger partial charge in [0, 0.05) is 19.0 Å². The SMILES string of the molecule is CCC1CCC(CNC(=O)CC(N)C2CC2)CC1. The minimum absolute atomic E-state index is 0.0980. The molecule has 104 valence electrons. The van der Waals surface area contributed by atoms with Crippen LogP contribution in [0.15, 0.2) is 0 Å². The number of hydrogen-bond donors (Lipinski definition) is 2. The maximum Gasteiger partial charge on any atom is 0.221 e. The van der Waals surface area contributed by atoms with Crippen LogP contribution in [0.5, 0.6) is 0 Å². The Morgan fingerprint density at radius 1 is 1.17 bits per heavy atom. The van der Waals surface area contributed by atoms with E-state index in [9.17, 15) is 4.79 Å². The molecule has 2 fully saturated rings. The van der Waals surface area contributed by atoms with Gasteiger partial charge < -0.3 is 11.1 Å². The molecule has 0 radical (unpaired) electrons. The lowest BCUT2D eigenvalue weighted by Crippen LogP contribution is -2.36. The van der Waals surface area contributed by atoms with Crippen molar-refractivity contribution in [1.82, 2.24) is 5.32 Å². The molecular formula is C15H28N2O. The third-order valence-electron chi connectivity index (χ3n) is 4.78. The molecule has 3 heteroatoms.